The Kier molecular flexibility index (Phi) is 1.64. The second-order valence-electron chi connectivity index (χ2n) is 2.10. The van der Waals surface area contributed by atoms with Gasteiger partial charge in [0.25, 0.3) is 0 Å². The van der Waals surface area contributed by atoms with Gasteiger partial charge in [-0.2, -0.15) is 3.71 Å². The molecule has 1 aliphatic rings. The summed E-state index contributed by atoms with van der Waals surface area (Å²) in [6, 6.07) is 8.56. The highest BCUT2D eigenvalue weighted by Gasteiger charge is 2.09. The predicted molar refractivity (Wildman–Crippen MR) is 45.9 cm³/mol. The van der Waals surface area contributed by atoms with Crippen molar-refractivity contribution in [3.05, 3.63) is 24.3 Å². The van der Waals surface area contributed by atoms with Crippen LogP contribution in [0.15, 0.2) is 34.1 Å². The topological polar surface area (TPSA) is 3.24 Å². The molecule has 0 unspecified atom stereocenters. The molecular formula is C7H7NS2. The molecule has 0 aliphatic carbocycles. The van der Waals surface area contributed by atoms with E-state index in [1.165, 1.54) is 9.79 Å². The second kappa shape index (κ2) is 2.49. The van der Waals surface area contributed by atoms with Crippen molar-refractivity contribution in [3.63, 3.8) is 0 Å². The molecule has 1 aromatic carbocycles. The molecule has 2 rings (SSSR count). The van der Waals surface area contributed by atoms with E-state index in [4.69, 9.17) is 0 Å². The Hall–Kier alpha value is -0.120. The summed E-state index contributed by atoms with van der Waals surface area (Å²) in [5.41, 5.74) is 0. The fourth-order valence-corrected chi connectivity index (χ4v) is 2.88. The first-order valence-corrected chi connectivity index (χ1v) is 4.59. The van der Waals surface area contributed by atoms with Gasteiger partial charge in [-0.25, -0.2) is 0 Å². The van der Waals surface area contributed by atoms with E-state index in [1.807, 2.05) is 0 Å². The zero-order valence-electron chi connectivity index (χ0n) is 5.57. The van der Waals surface area contributed by atoms with E-state index in [0.29, 0.717) is 0 Å². The van der Waals surface area contributed by atoms with Crippen molar-refractivity contribution in [1.29, 1.82) is 0 Å². The van der Waals surface area contributed by atoms with E-state index in [2.05, 4.69) is 35.0 Å². The first-order chi connectivity index (χ1) is 4.84. The monoisotopic (exact) mass is 169 g/mol. The minimum Gasteiger partial charge on any atom is -0.189 e. The molecule has 1 heterocycles. The van der Waals surface area contributed by atoms with Crippen LogP contribution in [0.25, 0.3) is 0 Å². The van der Waals surface area contributed by atoms with Crippen LogP contribution in [0, 0.1) is 0 Å². The summed E-state index contributed by atoms with van der Waals surface area (Å²) in [7, 11) is 2.08. The quantitative estimate of drug-likeness (QED) is 0.550. The summed E-state index contributed by atoms with van der Waals surface area (Å²) in [5, 5.41) is 0. The average Bonchev–Trinajstić information content (AvgIpc) is 1.85. The number of nitrogens with zero attached hydrogens (tertiary/aromatic N) is 1. The molecule has 0 N–H and O–H groups in total. The number of hydrogen-bond donors (Lipinski definition) is 0. The first kappa shape index (κ1) is 6.58. The third kappa shape index (κ3) is 1.17. The molecule has 0 aromatic heterocycles. The fraction of sp³-hybridized carbons (Fsp3) is 0.143. The highest BCUT2D eigenvalue weighted by Crippen LogP contribution is 2.38. The Morgan fingerprint density at radius 3 is 2.40 bits per heavy atom. The van der Waals surface area contributed by atoms with Crippen LogP contribution in [0.1, 0.15) is 0 Å². The third-order valence-corrected chi connectivity index (χ3v) is 3.16. The Bertz CT molecular complexity index is 228. The van der Waals surface area contributed by atoms with Crippen molar-refractivity contribution in [2.45, 2.75) is 9.79 Å². The molecule has 0 saturated carbocycles. The Balaban J connectivity index is 2.43. The molecule has 0 amide bonds. The van der Waals surface area contributed by atoms with Crippen molar-refractivity contribution in [1.82, 2.24) is 3.71 Å². The normalized spacial score (nSPS) is 17.3. The highest BCUT2D eigenvalue weighted by atomic mass is 32.2. The first-order valence-electron chi connectivity index (χ1n) is 3.04. The summed E-state index contributed by atoms with van der Waals surface area (Å²) >= 11 is 3.54. The van der Waals surface area contributed by atoms with Gasteiger partial charge in [-0.1, -0.05) is 6.07 Å². The predicted octanol–water partition coefficient (Wildman–Crippen LogP) is 2.65. The Labute approximate surface area is 69.1 Å². The van der Waals surface area contributed by atoms with Gasteiger partial charge in [0, 0.05) is 16.8 Å². The third-order valence-electron chi connectivity index (χ3n) is 1.27. The summed E-state index contributed by atoms with van der Waals surface area (Å²) in [4.78, 5) is 2.66. The maximum Gasteiger partial charge on any atom is 0.0250 e. The molecule has 1 nitrogen and oxygen atoms in total. The van der Waals surface area contributed by atoms with Gasteiger partial charge in [-0.3, -0.25) is 0 Å². The van der Waals surface area contributed by atoms with Crippen molar-refractivity contribution >= 4 is 23.9 Å². The van der Waals surface area contributed by atoms with E-state index in [1.54, 1.807) is 23.9 Å². The van der Waals surface area contributed by atoms with Gasteiger partial charge in [0.15, 0.2) is 0 Å². The molecule has 0 radical (unpaired) electrons. The van der Waals surface area contributed by atoms with E-state index in [-0.39, 0.29) is 0 Å². The lowest BCUT2D eigenvalue weighted by Gasteiger charge is -2.19. The van der Waals surface area contributed by atoms with Crippen LogP contribution in [0.5, 0.6) is 0 Å². The fourth-order valence-electron chi connectivity index (χ4n) is 0.903. The molecule has 1 aromatic rings. The van der Waals surface area contributed by atoms with Crippen molar-refractivity contribution in [3.8, 4) is 0 Å². The zero-order chi connectivity index (χ0) is 6.97. The van der Waals surface area contributed by atoms with E-state index in [0.717, 1.165) is 0 Å². The van der Waals surface area contributed by atoms with Crippen LogP contribution in [0.2, 0.25) is 0 Å². The maximum atomic E-state index is 2.20. The summed E-state index contributed by atoms with van der Waals surface area (Å²) in [6.07, 6.45) is 0. The van der Waals surface area contributed by atoms with Crippen molar-refractivity contribution < 1.29 is 0 Å². The summed E-state index contributed by atoms with van der Waals surface area (Å²) in [5.74, 6) is 0. The summed E-state index contributed by atoms with van der Waals surface area (Å²) < 4.78 is 2.16. The van der Waals surface area contributed by atoms with Gasteiger partial charge < -0.3 is 0 Å². The second-order valence-corrected chi connectivity index (χ2v) is 4.73. The SMILES string of the molecule is CN1Sc2cccc(c2)S1. The maximum absolute atomic E-state index is 2.20. The minimum atomic E-state index is 1.33. The van der Waals surface area contributed by atoms with Gasteiger partial charge in [-0.15, -0.1) is 0 Å². The van der Waals surface area contributed by atoms with Crippen LogP contribution in [0.3, 0.4) is 0 Å². The number of benzene rings is 1. The zero-order valence-corrected chi connectivity index (χ0v) is 7.21. The van der Waals surface area contributed by atoms with Crippen LogP contribution >= 0.6 is 23.9 Å². The van der Waals surface area contributed by atoms with Crippen LogP contribution in [-0.2, 0) is 0 Å². The molecule has 3 heteroatoms. The molecule has 1 aliphatic heterocycles. The lowest BCUT2D eigenvalue weighted by molar-refractivity contribution is 0.927. The average molecular weight is 169 g/mol. The van der Waals surface area contributed by atoms with Crippen molar-refractivity contribution in [2.24, 2.45) is 0 Å². The molecule has 2 bridgehead atoms. The number of fused-ring (bicyclic) bond motifs is 2. The molecule has 0 saturated heterocycles. The standard InChI is InChI=1S/C7H7NS2/c1-8-9-6-3-2-4-7(5-6)10-8/h2-5H,1H3. The summed E-state index contributed by atoms with van der Waals surface area (Å²) in [6.45, 7) is 0. The van der Waals surface area contributed by atoms with Gasteiger partial charge in [0.1, 0.15) is 0 Å². The Morgan fingerprint density at radius 2 is 1.80 bits per heavy atom. The van der Waals surface area contributed by atoms with Crippen LogP contribution < -0.4 is 0 Å². The van der Waals surface area contributed by atoms with Gasteiger partial charge in [0.2, 0.25) is 0 Å². The largest absolute Gasteiger partial charge is 0.189 e. The van der Waals surface area contributed by atoms with Gasteiger partial charge >= 0.3 is 0 Å². The minimum absolute atomic E-state index is 1.33. The van der Waals surface area contributed by atoms with Gasteiger partial charge in [-0.05, 0) is 42.1 Å². The molecular weight excluding hydrogens is 162 g/mol. The molecule has 0 spiro atoms. The molecule has 10 heavy (non-hydrogen) atoms. The highest BCUT2D eigenvalue weighted by molar-refractivity contribution is 8.12. The molecule has 52 valence electrons. The van der Waals surface area contributed by atoms with Crippen molar-refractivity contribution in [2.75, 3.05) is 7.05 Å². The smallest absolute Gasteiger partial charge is 0.0250 e. The van der Waals surface area contributed by atoms with E-state index >= 15 is 0 Å². The number of rotatable bonds is 0. The lowest BCUT2D eigenvalue weighted by Crippen LogP contribution is -2.00. The molecule has 0 fully saturated rings. The van der Waals surface area contributed by atoms with E-state index < -0.39 is 0 Å². The van der Waals surface area contributed by atoms with Crippen LogP contribution in [-0.4, -0.2) is 10.8 Å². The van der Waals surface area contributed by atoms with Crippen LogP contribution in [0.4, 0.5) is 0 Å². The Morgan fingerprint density at radius 1 is 1.20 bits per heavy atom. The molecule has 0 atom stereocenters. The van der Waals surface area contributed by atoms with E-state index in [9.17, 15) is 0 Å². The lowest BCUT2D eigenvalue weighted by atomic mass is 10.4. The van der Waals surface area contributed by atoms with Gasteiger partial charge in [0.05, 0.1) is 0 Å². The number of hydrogen-bond acceptors (Lipinski definition) is 3.